The van der Waals surface area contributed by atoms with Crippen molar-refractivity contribution >= 4 is 33.4 Å². The summed E-state index contributed by atoms with van der Waals surface area (Å²) in [5.74, 6) is -0.324. The Morgan fingerprint density at radius 2 is 1.94 bits per heavy atom. The number of fused-ring (bicyclic) bond motifs is 1. The number of piperidine rings is 1. The Balaban J connectivity index is 1.55. The number of carbonyl (C=O) groups excluding carboxylic acids is 1. The maximum absolute atomic E-state index is 11.8. The zero-order chi connectivity index (χ0) is 22.2. The molecule has 0 saturated carbocycles. The molecule has 0 radical (unpaired) electrons. The average Bonchev–Trinajstić information content (AvgIpc) is 3.12. The predicted octanol–water partition coefficient (Wildman–Crippen LogP) is 2.28. The second-order valence-electron chi connectivity index (χ2n) is 8.23. The molecule has 2 aromatic carbocycles. The van der Waals surface area contributed by atoms with Crippen LogP contribution in [-0.2, 0) is 21.2 Å². The van der Waals surface area contributed by atoms with Gasteiger partial charge in [-0.25, -0.2) is 13.6 Å². The van der Waals surface area contributed by atoms with Gasteiger partial charge in [-0.3, -0.25) is 9.69 Å². The lowest BCUT2D eigenvalue weighted by atomic mass is 9.98. The lowest BCUT2D eigenvalue weighted by Gasteiger charge is -2.40. The molecule has 31 heavy (non-hydrogen) atoms. The van der Waals surface area contributed by atoms with Crippen molar-refractivity contribution in [3.05, 3.63) is 53.6 Å². The van der Waals surface area contributed by atoms with E-state index in [0.29, 0.717) is 6.54 Å². The number of hydrogen-bond donors (Lipinski definition) is 2. The van der Waals surface area contributed by atoms with Crippen LogP contribution in [0.25, 0.3) is 0 Å². The summed E-state index contributed by atoms with van der Waals surface area (Å²) in [7, 11) is -3.69. The molecule has 2 unspecified atom stereocenters. The normalized spacial score (nSPS) is 21.8. The number of nitrogens with two attached hydrogens (primary N) is 2. The molecule has 2 aromatic rings. The van der Waals surface area contributed by atoms with E-state index in [4.69, 9.17) is 10.9 Å². The van der Waals surface area contributed by atoms with E-state index < -0.39 is 10.0 Å². The third kappa shape index (κ3) is 4.74. The first-order chi connectivity index (χ1) is 14.7. The predicted molar refractivity (Wildman–Crippen MR) is 123 cm³/mol. The molecule has 166 valence electrons. The molecule has 9 heteroatoms. The fourth-order valence-electron chi connectivity index (χ4n) is 4.41. The number of sulfonamides is 1. The minimum Gasteiger partial charge on any atom is -0.369 e. The third-order valence-electron chi connectivity index (χ3n) is 6.05. The Morgan fingerprint density at radius 3 is 2.61 bits per heavy atom. The molecule has 1 fully saturated rings. The average molecular weight is 461 g/mol. The Hall–Kier alpha value is -2.07. The largest absolute Gasteiger partial charge is 0.369 e. The van der Waals surface area contributed by atoms with Crippen molar-refractivity contribution in [2.24, 2.45) is 16.8 Å². The highest BCUT2D eigenvalue weighted by molar-refractivity contribution is 8.00. The first-order valence-corrected chi connectivity index (χ1v) is 12.8. The second kappa shape index (κ2) is 8.82. The van der Waals surface area contributed by atoms with E-state index in [0.717, 1.165) is 37.9 Å². The molecule has 2 heterocycles. The zero-order valence-corrected chi connectivity index (χ0v) is 19.2. The number of amides is 1. The van der Waals surface area contributed by atoms with Gasteiger partial charge in [-0.1, -0.05) is 36.0 Å². The van der Waals surface area contributed by atoms with E-state index in [2.05, 4.69) is 34.9 Å². The number of primary amides is 1. The van der Waals surface area contributed by atoms with Gasteiger partial charge in [0.25, 0.3) is 0 Å². The topological polar surface area (TPSA) is 110 Å². The van der Waals surface area contributed by atoms with Crippen molar-refractivity contribution < 1.29 is 13.2 Å². The first kappa shape index (κ1) is 22.1. The maximum Gasteiger partial charge on any atom is 0.238 e. The van der Waals surface area contributed by atoms with Crippen molar-refractivity contribution in [1.82, 2.24) is 4.90 Å². The van der Waals surface area contributed by atoms with Crippen LogP contribution in [-0.4, -0.2) is 44.4 Å². The number of aryl methyl sites for hydroxylation is 1. The summed E-state index contributed by atoms with van der Waals surface area (Å²) in [6.45, 7) is 4.52. The van der Waals surface area contributed by atoms with Crippen LogP contribution in [0.1, 0.15) is 24.0 Å². The summed E-state index contributed by atoms with van der Waals surface area (Å²) in [4.78, 5) is 17.9. The van der Waals surface area contributed by atoms with E-state index in [1.165, 1.54) is 16.1 Å². The summed E-state index contributed by atoms with van der Waals surface area (Å²) in [6.07, 6.45) is 2.58. The van der Waals surface area contributed by atoms with Gasteiger partial charge in [0, 0.05) is 24.5 Å². The number of thioether (sulfide) groups is 1. The highest BCUT2D eigenvalue weighted by Crippen LogP contribution is 2.47. The van der Waals surface area contributed by atoms with Crippen LogP contribution in [0, 0.1) is 12.8 Å². The molecule has 7 nitrogen and oxygen atoms in total. The minimum absolute atomic E-state index is 0.105. The van der Waals surface area contributed by atoms with Crippen molar-refractivity contribution in [2.75, 3.05) is 24.5 Å². The number of nitrogens with zero attached hydrogens (tertiary/aromatic N) is 2. The monoisotopic (exact) mass is 460 g/mol. The minimum atomic E-state index is -3.69. The van der Waals surface area contributed by atoms with Crippen molar-refractivity contribution in [3.8, 4) is 0 Å². The molecule has 2 aliphatic heterocycles. The van der Waals surface area contributed by atoms with Gasteiger partial charge in [0.05, 0.1) is 16.5 Å². The van der Waals surface area contributed by atoms with Crippen LogP contribution < -0.4 is 15.8 Å². The fourth-order valence-corrected chi connectivity index (χ4v) is 6.38. The summed E-state index contributed by atoms with van der Waals surface area (Å²) >= 11 is 1.82. The Kier molecular flexibility index (Phi) is 6.30. The lowest BCUT2D eigenvalue weighted by Crippen LogP contribution is -2.51. The molecular formula is C22H28N4O3S2. The molecule has 0 bridgehead atoms. The number of para-hydroxylation sites is 1. The van der Waals surface area contributed by atoms with Crippen LogP contribution in [0.4, 0.5) is 5.69 Å². The highest BCUT2D eigenvalue weighted by atomic mass is 32.2. The standard InChI is InChI=1S/C22H28N4O3S2/c1-15-4-2-6-19-20(15)26(13-11-16-7-9-18(10-8-16)31(24,28)29)22(30-19)25-12-3-5-17(14-25)21(23)27/h2,4,6-10,17,22H,3,5,11-14H2,1H3,(H2,23,27)(H2,24,28,29). The van der Waals surface area contributed by atoms with E-state index in [1.807, 2.05) is 23.9 Å². The van der Waals surface area contributed by atoms with Crippen LogP contribution >= 0.6 is 11.8 Å². The molecule has 0 aromatic heterocycles. The number of primary sulfonamides is 1. The van der Waals surface area contributed by atoms with Gasteiger partial charge in [-0.2, -0.15) is 0 Å². The van der Waals surface area contributed by atoms with Crippen molar-refractivity contribution in [1.29, 1.82) is 0 Å². The van der Waals surface area contributed by atoms with Gasteiger partial charge in [-0.15, -0.1) is 0 Å². The molecule has 2 atom stereocenters. The highest BCUT2D eigenvalue weighted by Gasteiger charge is 2.38. The molecule has 2 aliphatic rings. The molecule has 0 spiro atoms. The number of anilines is 1. The van der Waals surface area contributed by atoms with E-state index >= 15 is 0 Å². The molecule has 1 amide bonds. The van der Waals surface area contributed by atoms with Gasteiger partial charge in [0.15, 0.2) is 0 Å². The Labute approximate surface area is 187 Å². The van der Waals surface area contributed by atoms with Gasteiger partial charge in [0.1, 0.15) is 5.50 Å². The van der Waals surface area contributed by atoms with Crippen molar-refractivity contribution in [3.63, 3.8) is 0 Å². The summed E-state index contributed by atoms with van der Waals surface area (Å²) < 4.78 is 23.0. The maximum atomic E-state index is 11.8. The smallest absolute Gasteiger partial charge is 0.238 e. The van der Waals surface area contributed by atoms with Crippen molar-refractivity contribution in [2.45, 2.75) is 41.5 Å². The molecule has 4 N–H and O–H groups in total. The first-order valence-electron chi connectivity index (χ1n) is 10.4. The van der Waals surface area contributed by atoms with E-state index in [9.17, 15) is 13.2 Å². The fraction of sp³-hybridized carbons (Fsp3) is 0.409. The molecule has 0 aliphatic carbocycles. The number of benzene rings is 2. The van der Waals surface area contributed by atoms with E-state index in [-0.39, 0.29) is 22.2 Å². The van der Waals surface area contributed by atoms with E-state index in [1.54, 1.807) is 12.1 Å². The quantitative estimate of drug-likeness (QED) is 0.684. The number of rotatable bonds is 6. The third-order valence-corrected chi connectivity index (χ3v) is 8.32. The number of hydrogen-bond acceptors (Lipinski definition) is 6. The van der Waals surface area contributed by atoms with Crippen LogP contribution in [0.15, 0.2) is 52.3 Å². The molecule has 1 saturated heterocycles. The summed E-state index contributed by atoms with van der Waals surface area (Å²) in [5.41, 5.74) is 9.23. The molecular weight excluding hydrogens is 432 g/mol. The van der Waals surface area contributed by atoms with Crippen LogP contribution in [0.2, 0.25) is 0 Å². The Bertz CT molecular complexity index is 1070. The number of likely N-dealkylation sites (tertiary alicyclic amines) is 1. The zero-order valence-electron chi connectivity index (χ0n) is 17.5. The Morgan fingerprint density at radius 1 is 1.19 bits per heavy atom. The van der Waals surface area contributed by atoms with Gasteiger partial charge < -0.3 is 10.6 Å². The van der Waals surface area contributed by atoms with Gasteiger partial charge in [0.2, 0.25) is 15.9 Å². The summed E-state index contributed by atoms with van der Waals surface area (Å²) in [5, 5.41) is 5.21. The lowest BCUT2D eigenvalue weighted by molar-refractivity contribution is -0.123. The second-order valence-corrected chi connectivity index (χ2v) is 10.9. The number of carbonyl (C=O) groups is 1. The summed E-state index contributed by atoms with van der Waals surface area (Å²) in [6, 6.07) is 13.1. The SMILES string of the molecule is Cc1cccc2c1N(CCc1ccc(S(N)(=O)=O)cc1)C(N1CCCC(C(N)=O)C1)S2. The van der Waals surface area contributed by atoms with Crippen LogP contribution in [0.3, 0.4) is 0 Å². The van der Waals surface area contributed by atoms with Gasteiger partial charge in [-0.05, 0) is 55.5 Å². The van der Waals surface area contributed by atoms with Gasteiger partial charge >= 0.3 is 0 Å². The van der Waals surface area contributed by atoms with Crippen LogP contribution in [0.5, 0.6) is 0 Å². The molecule has 4 rings (SSSR count).